The fraction of sp³-hybridized carbons (Fsp3) is 0.769. The molecule has 1 saturated heterocycles. The van der Waals surface area contributed by atoms with Crippen LogP contribution in [-0.2, 0) is 26.1 Å². The molecule has 0 unspecified atom stereocenters. The lowest BCUT2D eigenvalue weighted by molar-refractivity contribution is -0.134. The summed E-state index contributed by atoms with van der Waals surface area (Å²) in [7, 11) is -0.0516. The fourth-order valence-corrected chi connectivity index (χ4v) is 3.34. The zero-order chi connectivity index (χ0) is 17.0. The molecule has 2 rings (SSSR count). The van der Waals surface area contributed by atoms with Crippen molar-refractivity contribution in [1.82, 2.24) is 19.3 Å². The van der Waals surface area contributed by atoms with E-state index in [4.69, 9.17) is 9.26 Å². The Hall–Kier alpha value is -1.52. The van der Waals surface area contributed by atoms with Gasteiger partial charge in [-0.25, -0.2) is 12.7 Å². The minimum atomic E-state index is -3.14. The molecular formula is C13H22N4O5S. The zero-order valence-corrected chi connectivity index (χ0v) is 14.4. The normalized spacial score (nSPS) is 17.3. The summed E-state index contributed by atoms with van der Waals surface area (Å²) < 4.78 is 34.4. The van der Waals surface area contributed by atoms with Crippen molar-refractivity contribution < 1.29 is 22.5 Å². The molecule has 10 heteroatoms. The van der Waals surface area contributed by atoms with E-state index in [-0.39, 0.29) is 25.0 Å². The molecule has 0 N–H and O–H groups in total. The number of aromatic nitrogens is 2. The van der Waals surface area contributed by atoms with Crippen molar-refractivity contribution in [2.45, 2.75) is 25.3 Å². The Morgan fingerprint density at radius 3 is 2.65 bits per heavy atom. The van der Waals surface area contributed by atoms with Gasteiger partial charge in [-0.1, -0.05) is 5.16 Å². The molecule has 9 nitrogen and oxygen atoms in total. The van der Waals surface area contributed by atoms with Crippen LogP contribution in [0.25, 0.3) is 0 Å². The van der Waals surface area contributed by atoms with E-state index in [1.807, 2.05) is 0 Å². The quantitative estimate of drug-likeness (QED) is 0.703. The lowest BCUT2D eigenvalue weighted by Gasteiger charge is -2.28. The SMILES string of the molecule is COCC(=O)N(C)Cc1nc(C2CCN(S(C)(=O)=O)CC2)no1. The molecule has 1 fully saturated rings. The molecule has 0 saturated carbocycles. The molecule has 0 radical (unpaired) electrons. The first-order valence-corrected chi connectivity index (χ1v) is 9.16. The van der Waals surface area contributed by atoms with E-state index in [2.05, 4.69) is 10.1 Å². The number of methoxy groups -OCH3 is 1. The highest BCUT2D eigenvalue weighted by Crippen LogP contribution is 2.27. The van der Waals surface area contributed by atoms with Gasteiger partial charge in [-0.15, -0.1) is 0 Å². The number of nitrogens with zero attached hydrogens (tertiary/aromatic N) is 4. The second-order valence-corrected chi connectivity index (χ2v) is 7.65. The average molecular weight is 346 g/mol. The first kappa shape index (κ1) is 17.8. The molecule has 0 aromatic carbocycles. The Bertz CT molecular complexity index is 637. The van der Waals surface area contributed by atoms with Gasteiger partial charge in [-0.05, 0) is 12.8 Å². The van der Waals surface area contributed by atoms with E-state index in [0.717, 1.165) is 0 Å². The van der Waals surface area contributed by atoms with E-state index in [1.54, 1.807) is 7.05 Å². The molecule has 1 aromatic rings. The lowest BCUT2D eigenvalue weighted by atomic mass is 9.98. The molecule has 0 bridgehead atoms. The van der Waals surface area contributed by atoms with Gasteiger partial charge in [0.1, 0.15) is 6.61 Å². The smallest absolute Gasteiger partial charge is 0.248 e. The second kappa shape index (κ2) is 7.37. The molecule has 0 atom stereocenters. The van der Waals surface area contributed by atoms with E-state index < -0.39 is 10.0 Å². The number of rotatable bonds is 6. The van der Waals surface area contributed by atoms with Crippen molar-refractivity contribution in [2.24, 2.45) is 0 Å². The lowest BCUT2D eigenvalue weighted by Crippen LogP contribution is -2.37. The van der Waals surface area contributed by atoms with E-state index in [9.17, 15) is 13.2 Å². The molecule has 1 aliphatic heterocycles. The molecule has 0 aliphatic carbocycles. The molecular weight excluding hydrogens is 324 g/mol. The summed E-state index contributed by atoms with van der Waals surface area (Å²) in [5, 5.41) is 3.96. The van der Waals surface area contributed by atoms with Gasteiger partial charge in [0.15, 0.2) is 5.82 Å². The average Bonchev–Trinajstić information content (AvgIpc) is 2.95. The largest absolute Gasteiger partial charge is 0.375 e. The number of ether oxygens (including phenoxy) is 1. The van der Waals surface area contributed by atoms with Gasteiger partial charge in [-0.3, -0.25) is 4.79 Å². The Morgan fingerprint density at radius 1 is 1.43 bits per heavy atom. The predicted molar refractivity (Wildman–Crippen MR) is 81.0 cm³/mol. The first-order valence-electron chi connectivity index (χ1n) is 7.31. The highest BCUT2D eigenvalue weighted by molar-refractivity contribution is 7.88. The Balaban J connectivity index is 1.92. The molecule has 1 amide bonds. The van der Waals surface area contributed by atoms with Gasteiger partial charge >= 0.3 is 0 Å². The number of carbonyl (C=O) groups excluding carboxylic acids is 1. The van der Waals surface area contributed by atoms with Crippen LogP contribution >= 0.6 is 0 Å². The predicted octanol–water partition coefficient (Wildman–Crippen LogP) is -0.187. The summed E-state index contributed by atoms with van der Waals surface area (Å²) in [5.41, 5.74) is 0. The molecule has 2 heterocycles. The Kier molecular flexibility index (Phi) is 5.71. The minimum absolute atomic E-state index is 0.00143. The molecule has 1 aromatic heterocycles. The maximum absolute atomic E-state index is 11.6. The summed E-state index contributed by atoms with van der Waals surface area (Å²) in [6, 6.07) is 0. The number of likely N-dealkylation sites (N-methyl/N-ethyl adjacent to an activating group) is 1. The summed E-state index contributed by atoms with van der Waals surface area (Å²) in [6.07, 6.45) is 2.53. The molecule has 23 heavy (non-hydrogen) atoms. The summed E-state index contributed by atoms with van der Waals surface area (Å²) in [4.78, 5) is 17.4. The molecule has 1 aliphatic rings. The van der Waals surface area contributed by atoms with E-state index in [1.165, 1.54) is 22.6 Å². The molecule has 0 spiro atoms. The van der Waals surface area contributed by atoms with Gasteiger partial charge < -0.3 is 14.2 Å². The number of sulfonamides is 1. The molecule has 130 valence electrons. The Labute approximate surface area is 135 Å². The standard InChI is InChI=1S/C13H22N4O5S/c1-16(12(18)9-21-2)8-11-14-13(15-22-11)10-4-6-17(7-5-10)23(3,19)20/h10H,4-9H2,1-3H3. The number of hydrogen-bond acceptors (Lipinski definition) is 7. The van der Waals surface area contributed by atoms with Crippen LogP contribution in [0, 0.1) is 0 Å². The van der Waals surface area contributed by atoms with E-state index in [0.29, 0.717) is 37.6 Å². The third-order valence-electron chi connectivity index (χ3n) is 3.84. The number of piperidine rings is 1. The topological polar surface area (TPSA) is 106 Å². The van der Waals surface area contributed by atoms with Crippen molar-refractivity contribution in [1.29, 1.82) is 0 Å². The van der Waals surface area contributed by atoms with Crippen molar-refractivity contribution >= 4 is 15.9 Å². The van der Waals surface area contributed by atoms with Crippen molar-refractivity contribution in [2.75, 3.05) is 40.1 Å². The van der Waals surface area contributed by atoms with Crippen molar-refractivity contribution in [3.63, 3.8) is 0 Å². The number of carbonyl (C=O) groups is 1. The highest BCUT2D eigenvalue weighted by Gasteiger charge is 2.28. The number of hydrogen-bond donors (Lipinski definition) is 0. The van der Waals surface area contributed by atoms with Gasteiger partial charge in [0.2, 0.25) is 21.8 Å². The maximum atomic E-state index is 11.6. The first-order chi connectivity index (χ1) is 10.8. The van der Waals surface area contributed by atoms with Crippen molar-refractivity contribution in [3.05, 3.63) is 11.7 Å². The van der Waals surface area contributed by atoms with Gasteiger partial charge in [0, 0.05) is 33.2 Å². The van der Waals surface area contributed by atoms with Crippen LogP contribution in [0.2, 0.25) is 0 Å². The third-order valence-corrected chi connectivity index (χ3v) is 5.14. The van der Waals surface area contributed by atoms with E-state index >= 15 is 0 Å². The Morgan fingerprint density at radius 2 is 2.09 bits per heavy atom. The van der Waals surface area contributed by atoms with Crippen LogP contribution in [0.5, 0.6) is 0 Å². The van der Waals surface area contributed by atoms with Crippen LogP contribution in [-0.4, -0.2) is 73.8 Å². The monoisotopic (exact) mass is 346 g/mol. The number of amides is 1. The summed E-state index contributed by atoms with van der Waals surface area (Å²) in [6.45, 7) is 1.14. The third kappa shape index (κ3) is 4.72. The van der Waals surface area contributed by atoms with Gasteiger partial charge in [0.25, 0.3) is 0 Å². The zero-order valence-electron chi connectivity index (χ0n) is 13.6. The van der Waals surface area contributed by atoms with Crippen LogP contribution < -0.4 is 0 Å². The maximum Gasteiger partial charge on any atom is 0.248 e. The van der Waals surface area contributed by atoms with Gasteiger partial charge in [0.05, 0.1) is 12.8 Å². The second-order valence-electron chi connectivity index (χ2n) is 5.67. The fourth-order valence-electron chi connectivity index (χ4n) is 2.47. The van der Waals surface area contributed by atoms with Crippen LogP contribution in [0.1, 0.15) is 30.5 Å². The van der Waals surface area contributed by atoms with Crippen LogP contribution in [0.15, 0.2) is 4.52 Å². The highest BCUT2D eigenvalue weighted by atomic mass is 32.2. The van der Waals surface area contributed by atoms with Crippen LogP contribution in [0.3, 0.4) is 0 Å². The van der Waals surface area contributed by atoms with Gasteiger partial charge in [-0.2, -0.15) is 4.98 Å². The minimum Gasteiger partial charge on any atom is -0.375 e. The van der Waals surface area contributed by atoms with Crippen molar-refractivity contribution in [3.8, 4) is 0 Å². The van der Waals surface area contributed by atoms with Crippen LogP contribution in [0.4, 0.5) is 0 Å². The summed E-state index contributed by atoms with van der Waals surface area (Å²) in [5.74, 6) is 0.831. The summed E-state index contributed by atoms with van der Waals surface area (Å²) >= 11 is 0.